The first kappa shape index (κ1) is 16.2. The van der Waals surface area contributed by atoms with Crippen LogP contribution in [0.1, 0.15) is 33.1 Å². The third-order valence-corrected chi connectivity index (χ3v) is 3.55. The van der Waals surface area contributed by atoms with Crippen molar-refractivity contribution in [1.82, 2.24) is 20.8 Å². The van der Waals surface area contributed by atoms with Gasteiger partial charge in [-0.25, -0.2) is 9.97 Å². The third kappa shape index (κ3) is 4.68. The average Bonchev–Trinajstić information content (AvgIpc) is 2.53. The molecule has 1 fully saturated rings. The lowest BCUT2D eigenvalue weighted by Crippen LogP contribution is -2.49. The van der Waals surface area contributed by atoms with Gasteiger partial charge in [-0.05, 0) is 24.8 Å². The van der Waals surface area contributed by atoms with Crippen LogP contribution in [0.5, 0.6) is 0 Å². The SMILES string of the molecule is CC(C)CC(=O)NNC(=O)[C@H]1CCCN(c2ncccn2)C1. The molecule has 0 bridgehead atoms. The third-order valence-electron chi connectivity index (χ3n) is 3.55. The number of carbonyl (C=O) groups excluding carboxylic acids is 2. The topological polar surface area (TPSA) is 87.2 Å². The molecule has 1 aliphatic rings. The van der Waals surface area contributed by atoms with Crippen LogP contribution in [0.2, 0.25) is 0 Å². The summed E-state index contributed by atoms with van der Waals surface area (Å²) >= 11 is 0. The number of carbonyl (C=O) groups is 2. The molecule has 120 valence electrons. The molecule has 1 saturated heterocycles. The monoisotopic (exact) mass is 305 g/mol. The zero-order valence-electron chi connectivity index (χ0n) is 13.1. The fourth-order valence-electron chi connectivity index (χ4n) is 2.48. The van der Waals surface area contributed by atoms with Crippen LogP contribution in [-0.4, -0.2) is 34.9 Å². The summed E-state index contributed by atoms with van der Waals surface area (Å²) in [4.78, 5) is 34.2. The van der Waals surface area contributed by atoms with E-state index in [1.807, 2.05) is 18.7 Å². The summed E-state index contributed by atoms with van der Waals surface area (Å²) in [6.07, 6.45) is 5.48. The minimum atomic E-state index is -0.170. The van der Waals surface area contributed by atoms with Crippen molar-refractivity contribution in [2.45, 2.75) is 33.1 Å². The summed E-state index contributed by atoms with van der Waals surface area (Å²) in [5, 5.41) is 0. The van der Waals surface area contributed by atoms with Crippen LogP contribution in [0.4, 0.5) is 5.95 Å². The Labute approximate surface area is 130 Å². The van der Waals surface area contributed by atoms with Crippen LogP contribution in [0, 0.1) is 11.8 Å². The molecule has 22 heavy (non-hydrogen) atoms. The van der Waals surface area contributed by atoms with Crippen LogP contribution in [0.15, 0.2) is 18.5 Å². The van der Waals surface area contributed by atoms with Gasteiger partial charge in [0.25, 0.3) is 0 Å². The van der Waals surface area contributed by atoms with E-state index in [1.54, 1.807) is 18.5 Å². The second-order valence-electron chi connectivity index (χ2n) is 5.97. The van der Waals surface area contributed by atoms with E-state index in [9.17, 15) is 9.59 Å². The fraction of sp³-hybridized carbons (Fsp3) is 0.600. The molecule has 2 rings (SSSR count). The Morgan fingerprint density at radius 2 is 2.05 bits per heavy atom. The van der Waals surface area contributed by atoms with E-state index < -0.39 is 0 Å². The lowest BCUT2D eigenvalue weighted by atomic mass is 9.98. The molecule has 7 nitrogen and oxygen atoms in total. The Morgan fingerprint density at radius 1 is 1.32 bits per heavy atom. The van der Waals surface area contributed by atoms with Gasteiger partial charge in [0.1, 0.15) is 0 Å². The first-order chi connectivity index (χ1) is 10.6. The minimum Gasteiger partial charge on any atom is -0.340 e. The second-order valence-corrected chi connectivity index (χ2v) is 5.97. The lowest BCUT2D eigenvalue weighted by molar-refractivity contribution is -0.131. The van der Waals surface area contributed by atoms with Crippen molar-refractivity contribution in [3.63, 3.8) is 0 Å². The smallest absolute Gasteiger partial charge is 0.243 e. The van der Waals surface area contributed by atoms with E-state index in [0.29, 0.717) is 18.9 Å². The van der Waals surface area contributed by atoms with Gasteiger partial charge in [0.2, 0.25) is 17.8 Å². The normalized spacial score (nSPS) is 18.1. The summed E-state index contributed by atoms with van der Waals surface area (Å²) < 4.78 is 0. The van der Waals surface area contributed by atoms with Crippen LogP contribution >= 0.6 is 0 Å². The summed E-state index contributed by atoms with van der Waals surface area (Å²) in [6.45, 7) is 5.32. The number of hydrogen-bond acceptors (Lipinski definition) is 5. The van der Waals surface area contributed by atoms with Gasteiger partial charge in [-0.2, -0.15) is 0 Å². The zero-order chi connectivity index (χ0) is 15.9. The molecule has 1 atom stereocenters. The standard InChI is InChI=1S/C15H23N5O2/c1-11(2)9-13(21)18-19-14(22)12-5-3-8-20(10-12)15-16-6-4-7-17-15/h4,6-7,11-12H,3,5,8-10H2,1-2H3,(H,18,21)(H,19,22)/t12-/m0/s1. The highest BCUT2D eigenvalue weighted by Gasteiger charge is 2.27. The van der Waals surface area contributed by atoms with E-state index >= 15 is 0 Å². The highest BCUT2D eigenvalue weighted by Crippen LogP contribution is 2.19. The van der Waals surface area contributed by atoms with E-state index in [4.69, 9.17) is 0 Å². The van der Waals surface area contributed by atoms with E-state index in [1.165, 1.54) is 0 Å². The summed E-state index contributed by atoms with van der Waals surface area (Å²) in [5.74, 6) is 0.415. The van der Waals surface area contributed by atoms with Crippen molar-refractivity contribution in [2.24, 2.45) is 11.8 Å². The molecule has 2 heterocycles. The molecule has 1 aromatic rings. The largest absolute Gasteiger partial charge is 0.340 e. The van der Waals surface area contributed by atoms with Crippen LogP contribution in [-0.2, 0) is 9.59 Å². The van der Waals surface area contributed by atoms with Crippen molar-refractivity contribution < 1.29 is 9.59 Å². The first-order valence-electron chi connectivity index (χ1n) is 7.67. The molecule has 7 heteroatoms. The zero-order valence-corrected chi connectivity index (χ0v) is 13.1. The Balaban J connectivity index is 1.84. The number of aromatic nitrogens is 2. The molecule has 0 unspecified atom stereocenters. The summed E-state index contributed by atoms with van der Waals surface area (Å²) in [5.41, 5.74) is 5.00. The Hall–Kier alpha value is -2.18. The van der Waals surface area contributed by atoms with Crippen LogP contribution < -0.4 is 15.8 Å². The number of anilines is 1. The number of nitrogens with one attached hydrogen (secondary N) is 2. The van der Waals surface area contributed by atoms with Crippen LogP contribution in [0.25, 0.3) is 0 Å². The van der Waals surface area contributed by atoms with Crippen molar-refractivity contribution >= 4 is 17.8 Å². The summed E-state index contributed by atoms with van der Waals surface area (Å²) in [6, 6.07) is 1.77. The van der Waals surface area contributed by atoms with Crippen molar-refractivity contribution in [3.8, 4) is 0 Å². The van der Waals surface area contributed by atoms with Gasteiger partial charge in [0.05, 0.1) is 5.92 Å². The van der Waals surface area contributed by atoms with E-state index in [-0.39, 0.29) is 23.7 Å². The molecule has 0 aromatic carbocycles. The molecule has 1 aromatic heterocycles. The Bertz CT molecular complexity index is 506. The van der Waals surface area contributed by atoms with Crippen LogP contribution in [0.3, 0.4) is 0 Å². The van der Waals surface area contributed by atoms with Gasteiger partial charge in [-0.3, -0.25) is 20.4 Å². The summed E-state index contributed by atoms with van der Waals surface area (Å²) in [7, 11) is 0. The Kier molecular flexibility index (Phi) is 5.68. The molecule has 1 aliphatic heterocycles. The second kappa shape index (κ2) is 7.72. The number of hydrogen-bond donors (Lipinski definition) is 2. The van der Waals surface area contributed by atoms with Gasteiger partial charge >= 0.3 is 0 Å². The van der Waals surface area contributed by atoms with E-state index in [2.05, 4.69) is 20.8 Å². The maximum atomic E-state index is 12.2. The quantitative estimate of drug-likeness (QED) is 0.807. The predicted molar refractivity (Wildman–Crippen MR) is 82.7 cm³/mol. The highest BCUT2D eigenvalue weighted by molar-refractivity contribution is 5.83. The lowest BCUT2D eigenvalue weighted by Gasteiger charge is -2.31. The fourth-order valence-corrected chi connectivity index (χ4v) is 2.48. The number of hydrazine groups is 1. The van der Waals surface area contributed by atoms with Crippen molar-refractivity contribution in [2.75, 3.05) is 18.0 Å². The molecule has 2 amide bonds. The van der Waals surface area contributed by atoms with Gasteiger partial charge in [0, 0.05) is 31.9 Å². The van der Waals surface area contributed by atoms with Gasteiger partial charge in [-0.1, -0.05) is 13.8 Å². The molecule has 0 saturated carbocycles. The molecule has 2 N–H and O–H groups in total. The number of nitrogens with zero attached hydrogens (tertiary/aromatic N) is 3. The number of piperidine rings is 1. The molecule has 0 radical (unpaired) electrons. The van der Waals surface area contributed by atoms with Crippen molar-refractivity contribution in [1.29, 1.82) is 0 Å². The number of rotatable bonds is 4. The molecule has 0 aliphatic carbocycles. The van der Waals surface area contributed by atoms with Crippen molar-refractivity contribution in [3.05, 3.63) is 18.5 Å². The average molecular weight is 305 g/mol. The van der Waals surface area contributed by atoms with Gasteiger partial charge < -0.3 is 4.90 Å². The molecule has 0 spiro atoms. The first-order valence-corrected chi connectivity index (χ1v) is 7.67. The van der Waals surface area contributed by atoms with Gasteiger partial charge in [0.15, 0.2) is 0 Å². The number of amides is 2. The van der Waals surface area contributed by atoms with E-state index in [0.717, 1.165) is 19.4 Å². The van der Waals surface area contributed by atoms with Gasteiger partial charge in [-0.15, -0.1) is 0 Å². The maximum absolute atomic E-state index is 12.2. The molecular formula is C15H23N5O2. The minimum absolute atomic E-state index is 0.155. The molecular weight excluding hydrogens is 282 g/mol. The maximum Gasteiger partial charge on any atom is 0.243 e. The predicted octanol–water partition coefficient (Wildman–Crippen LogP) is 0.886. The Morgan fingerprint density at radius 3 is 2.73 bits per heavy atom. The highest BCUT2D eigenvalue weighted by atomic mass is 16.2.